The highest BCUT2D eigenvalue weighted by Crippen LogP contribution is 2.38. The molecule has 0 saturated carbocycles. The number of likely N-dealkylation sites (N-methyl/N-ethyl adjacent to an activating group) is 1. The monoisotopic (exact) mass is 609 g/mol. The van der Waals surface area contributed by atoms with Crippen LogP contribution in [0.1, 0.15) is 37.0 Å². The summed E-state index contributed by atoms with van der Waals surface area (Å²) < 4.78 is 69.5. The highest BCUT2D eigenvalue weighted by Gasteiger charge is 2.37. The highest BCUT2D eigenvalue weighted by molar-refractivity contribution is 7.92. The van der Waals surface area contributed by atoms with Gasteiger partial charge in [-0.3, -0.25) is 13.9 Å². The Hall–Kier alpha value is -3.57. The minimum atomic E-state index is -4.87. The molecule has 0 radical (unpaired) electrons. The predicted octanol–water partition coefficient (Wildman–Crippen LogP) is 5.81. The first kappa shape index (κ1) is 32.0. The molecule has 41 heavy (non-hydrogen) atoms. The van der Waals surface area contributed by atoms with Crippen LogP contribution < -0.4 is 9.62 Å². The van der Waals surface area contributed by atoms with Crippen molar-refractivity contribution in [3.63, 3.8) is 0 Å². The van der Waals surface area contributed by atoms with E-state index in [0.29, 0.717) is 22.5 Å². The van der Waals surface area contributed by atoms with Gasteiger partial charge in [0.15, 0.2) is 0 Å². The van der Waals surface area contributed by atoms with Gasteiger partial charge in [0, 0.05) is 13.1 Å². The maximum atomic E-state index is 13.9. The molecule has 1 N–H and O–H groups in total. The molecule has 7 nitrogen and oxygen atoms in total. The van der Waals surface area contributed by atoms with Crippen molar-refractivity contribution in [2.24, 2.45) is 0 Å². The van der Waals surface area contributed by atoms with E-state index in [0.717, 1.165) is 17.7 Å². The Morgan fingerprint density at radius 2 is 1.61 bits per heavy atom. The second kappa shape index (κ2) is 13.4. The number of sulfonamides is 1. The molecule has 1 atom stereocenters. The second-order valence-electron chi connectivity index (χ2n) is 9.31. The van der Waals surface area contributed by atoms with Crippen molar-refractivity contribution in [2.45, 2.75) is 50.9 Å². The molecule has 0 aliphatic heterocycles. The minimum Gasteiger partial charge on any atom is -0.355 e. The lowest BCUT2D eigenvalue weighted by molar-refractivity contribution is -0.140. The number of alkyl halides is 3. The average Bonchev–Trinajstić information content (AvgIpc) is 2.92. The van der Waals surface area contributed by atoms with Crippen molar-refractivity contribution >= 4 is 39.1 Å². The van der Waals surface area contributed by atoms with Crippen LogP contribution in [0.5, 0.6) is 0 Å². The highest BCUT2D eigenvalue weighted by atomic mass is 35.5. The molecular formula is C29H31ClF3N3O4S. The summed E-state index contributed by atoms with van der Waals surface area (Å²) in [7, 11) is -4.54. The lowest BCUT2D eigenvalue weighted by atomic mass is 10.1. The first-order valence-electron chi connectivity index (χ1n) is 12.9. The van der Waals surface area contributed by atoms with Gasteiger partial charge in [0.05, 0.1) is 21.2 Å². The standard InChI is InChI=1S/C29H31ClF3N3O4S/c1-4-26(28(38)34-5-2)35(18-21-9-7-6-8-10-21)27(37)19-36(41(39,40)23-14-11-20(3)12-15-23)22-13-16-25(30)24(17-22)29(31,32)33/h6-17,26H,4-5,18-19H2,1-3H3,(H,34,38). The normalized spacial score (nSPS) is 12.5. The summed E-state index contributed by atoms with van der Waals surface area (Å²) in [6, 6.07) is 16.2. The molecule has 0 heterocycles. The number of aryl methyl sites for hydroxylation is 1. The van der Waals surface area contributed by atoms with Gasteiger partial charge in [0.25, 0.3) is 10.0 Å². The number of hydrogen-bond donors (Lipinski definition) is 1. The van der Waals surface area contributed by atoms with Gasteiger partial charge in [0.1, 0.15) is 12.6 Å². The first-order valence-corrected chi connectivity index (χ1v) is 14.7. The third-order valence-corrected chi connectivity index (χ3v) is 8.48. The summed E-state index contributed by atoms with van der Waals surface area (Å²) >= 11 is 5.80. The van der Waals surface area contributed by atoms with Gasteiger partial charge in [-0.25, -0.2) is 8.42 Å². The third kappa shape index (κ3) is 7.80. The lowest BCUT2D eigenvalue weighted by Crippen LogP contribution is -2.52. The number of nitrogens with one attached hydrogen (secondary N) is 1. The molecule has 0 aromatic heterocycles. The third-order valence-electron chi connectivity index (χ3n) is 6.36. The maximum absolute atomic E-state index is 13.9. The molecule has 3 rings (SSSR count). The number of halogens is 4. The number of carbonyl (C=O) groups is 2. The van der Waals surface area contributed by atoms with Crippen molar-refractivity contribution in [1.29, 1.82) is 0 Å². The zero-order valence-electron chi connectivity index (χ0n) is 22.8. The number of hydrogen-bond acceptors (Lipinski definition) is 4. The van der Waals surface area contributed by atoms with Crippen LogP contribution in [0.3, 0.4) is 0 Å². The lowest BCUT2D eigenvalue weighted by Gasteiger charge is -2.33. The van der Waals surface area contributed by atoms with Gasteiger partial charge < -0.3 is 10.2 Å². The Labute approximate surface area is 243 Å². The number of benzene rings is 3. The fourth-order valence-electron chi connectivity index (χ4n) is 4.24. The van der Waals surface area contributed by atoms with Crippen LogP contribution in [-0.2, 0) is 32.3 Å². The smallest absolute Gasteiger partial charge is 0.355 e. The Morgan fingerprint density at radius 3 is 2.17 bits per heavy atom. The molecular weight excluding hydrogens is 579 g/mol. The molecule has 0 bridgehead atoms. The van der Waals surface area contributed by atoms with Crippen LogP contribution in [-0.4, -0.2) is 44.3 Å². The van der Waals surface area contributed by atoms with E-state index in [1.807, 2.05) is 0 Å². The Kier molecular flexibility index (Phi) is 10.4. The van der Waals surface area contributed by atoms with E-state index in [2.05, 4.69) is 5.32 Å². The van der Waals surface area contributed by atoms with Gasteiger partial charge in [-0.05, 0) is 56.2 Å². The second-order valence-corrected chi connectivity index (χ2v) is 11.6. The molecule has 1 unspecified atom stereocenters. The number of carbonyl (C=O) groups excluding carboxylic acids is 2. The molecule has 12 heteroatoms. The average molecular weight is 610 g/mol. The molecule has 0 aliphatic carbocycles. The quantitative estimate of drug-likeness (QED) is 0.297. The molecule has 220 valence electrons. The Bertz CT molecular complexity index is 1470. The summed E-state index contributed by atoms with van der Waals surface area (Å²) in [6.07, 6.45) is -4.66. The van der Waals surface area contributed by atoms with Crippen LogP contribution in [0.15, 0.2) is 77.7 Å². The molecule has 0 aliphatic rings. The van der Waals surface area contributed by atoms with Crippen LogP contribution in [0, 0.1) is 6.92 Å². The molecule has 0 fully saturated rings. The number of nitrogens with zero attached hydrogens (tertiary/aromatic N) is 2. The van der Waals surface area contributed by atoms with E-state index >= 15 is 0 Å². The predicted molar refractivity (Wildman–Crippen MR) is 152 cm³/mol. The molecule has 0 spiro atoms. The largest absolute Gasteiger partial charge is 0.417 e. The number of rotatable bonds is 11. The molecule has 0 saturated heterocycles. The van der Waals surface area contributed by atoms with Crippen molar-refractivity contribution in [2.75, 3.05) is 17.4 Å². The fraction of sp³-hybridized carbons (Fsp3) is 0.310. The SMILES string of the molecule is CCNC(=O)C(CC)N(Cc1ccccc1)C(=O)CN(c1ccc(Cl)c(C(F)(F)F)c1)S(=O)(=O)c1ccc(C)cc1. The summed E-state index contributed by atoms with van der Waals surface area (Å²) in [4.78, 5) is 27.9. The number of amides is 2. The van der Waals surface area contributed by atoms with Gasteiger partial charge in [-0.2, -0.15) is 13.2 Å². The Morgan fingerprint density at radius 1 is 0.976 bits per heavy atom. The van der Waals surface area contributed by atoms with E-state index in [9.17, 15) is 31.2 Å². The maximum Gasteiger partial charge on any atom is 0.417 e. The van der Waals surface area contributed by atoms with E-state index in [1.54, 1.807) is 63.2 Å². The zero-order chi connectivity index (χ0) is 30.4. The van der Waals surface area contributed by atoms with Gasteiger partial charge in [0.2, 0.25) is 11.8 Å². The molecule has 3 aromatic rings. The van der Waals surface area contributed by atoms with E-state index in [1.165, 1.54) is 17.0 Å². The van der Waals surface area contributed by atoms with Crippen molar-refractivity contribution in [3.05, 3.63) is 94.5 Å². The van der Waals surface area contributed by atoms with E-state index in [4.69, 9.17) is 11.6 Å². The van der Waals surface area contributed by atoms with Crippen LogP contribution in [0.4, 0.5) is 18.9 Å². The van der Waals surface area contributed by atoms with Crippen molar-refractivity contribution in [1.82, 2.24) is 10.2 Å². The summed E-state index contributed by atoms with van der Waals surface area (Å²) in [5.41, 5.74) is -0.203. The minimum absolute atomic E-state index is 0.0256. The van der Waals surface area contributed by atoms with Crippen LogP contribution >= 0.6 is 11.6 Å². The fourth-order valence-corrected chi connectivity index (χ4v) is 5.87. The van der Waals surface area contributed by atoms with E-state index < -0.39 is 56.9 Å². The van der Waals surface area contributed by atoms with Crippen molar-refractivity contribution in [3.8, 4) is 0 Å². The number of anilines is 1. The summed E-state index contributed by atoms with van der Waals surface area (Å²) in [5, 5.41) is 2.07. The van der Waals surface area contributed by atoms with Gasteiger partial charge in [-0.15, -0.1) is 0 Å². The van der Waals surface area contributed by atoms with Crippen LogP contribution in [0.2, 0.25) is 5.02 Å². The summed E-state index contributed by atoms with van der Waals surface area (Å²) in [5.74, 6) is -1.20. The topological polar surface area (TPSA) is 86.8 Å². The van der Waals surface area contributed by atoms with Crippen molar-refractivity contribution < 1.29 is 31.2 Å². The molecule has 2 amide bonds. The first-order chi connectivity index (χ1) is 19.3. The van der Waals surface area contributed by atoms with Gasteiger partial charge in [-0.1, -0.05) is 66.6 Å². The summed E-state index contributed by atoms with van der Waals surface area (Å²) in [6.45, 7) is 4.60. The Balaban J connectivity index is 2.14. The van der Waals surface area contributed by atoms with E-state index in [-0.39, 0.29) is 17.9 Å². The van der Waals surface area contributed by atoms with Gasteiger partial charge >= 0.3 is 6.18 Å². The zero-order valence-corrected chi connectivity index (χ0v) is 24.4. The van der Waals surface area contributed by atoms with Crippen LogP contribution in [0.25, 0.3) is 0 Å². The molecule has 3 aromatic carbocycles.